The molecule has 21 heavy (non-hydrogen) atoms. The zero-order valence-corrected chi connectivity index (χ0v) is 11.3. The van der Waals surface area contributed by atoms with E-state index in [2.05, 4.69) is 15.6 Å². The molecular weight excluding hydrogens is 268 g/mol. The summed E-state index contributed by atoms with van der Waals surface area (Å²) in [6.45, 7) is 1.08. The van der Waals surface area contributed by atoms with Crippen molar-refractivity contribution in [2.24, 2.45) is 0 Å². The molecule has 3 aromatic rings. The van der Waals surface area contributed by atoms with Crippen LogP contribution in [-0.2, 0) is 6.54 Å². The number of amides is 1. The van der Waals surface area contributed by atoms with Gasteiger partial charge in [-0.15, -0.1) is 0 Å². The second-order valence-corrected chi connectivity index (χ2v) is 4.47. The summed E-state index contributed by atoms with van der Waals surface area (Å²) in [5.74, 6) is -0.0776. The minimum absolute atomic E-state index is 0.203. The summed E-state index contributed by atoms with van der Waals surface area (Å²) in [7, 11) is 0. The van der Waals surface area contributed by atoms with Gasteiger partial charge in [0, 0.05) is 30.6 Å². The van der Waals surface area contributed by atoms with Gasteiger partial charge in [-0.2, -0.15) is 5.10 Å². The maximum Gasteiger partial charge on any atom is 0.289 e. The van der Waals surface area contributed by atoms with Crippen LogP contribution < -0.4 is 5.32 Å². The quantitative estimate of drug-likeness (QED) is 0.776. The smallest absolute Gasteiger partial charge is 0.289 e. The van der Waals surface area contributed by atoms with E-state index in [1.54, 1.807) is 16.9 Å². The number of rotatable bonds is 5. The molecule has 0 fully saturated rings. The van der Waals surface area contributed by atoms with Crippen molar-refractivity contribution in [3.63, 3.8) is 0 Å². The predicted octanol–water partition coefficient (Wildman–Crippen LogP) is 1.97. The summed E-state index contributed by atoms with van der Waals surface area (Å²) in [6, 6.07) is 13.0. The van der Waals surface area contributed by atoms with Crippen LogP contribution in [0.3, 0.4) is 0 Å². The molecule has 1 amide bonds. The van der Waals surface area contributed by atoms with Crippen molar-refractivity contribution in [2.45, 2.75) is 6.54 Å². The molecule has 1 aromatic carbocycles. The van der Waals surface area contributed by atoms with Crippen LogP contribution in [0.4, 0.5) is 0 Å². The van der Waals surface area contributed by atoms with Gasteiger partial charge in [0.1, 0.15) is 5.69 Å². The lowest BCUT2D eigenvalue weighted by molar-refractivity contribution is 0.0915. The number of aromatic nitrogens is 3. The van der Waals surface area contributed by atoms with Crippen LogP contribution >= 0.6 is 0 Å². The number of benzene rings is 1. The van der Waals surface area contributed by atoms with Crippen LogP contribution in [0.2, 0.25) is 0 Å². The second kappa shape index (κ2) is 6.04. The lowest BCUT2D eigenvalue weighted by atomic mass is 10.1. The van der Waals surface area contributed by atoms with Crippen molar-refractivity contribution in [3.05, 3.63) is 60.6 Å². The minimum Gasteiger partial charge on any atom is -0.350 e. The van der Waals surface area contributed by atoms with Crippen molar-refractivity contribution in [3.8, 4) is 11.3 Å². The van der Waals surface area contributed by atoms with Crippen LogP contribution in [0.1, 0.15) is 10.6 Å². The molecule has 0 saturated heterocycles. The molecule has 0 spiro atoms. The number of carbonyl (C=O) groups excluding carboxylic acids is 1. The average molecular weight is 282 g/mol. The Bertz CT molecular complexity index is 704. The second-order valence-electron chi connectivity index (χ2n) is 4.47. The molecule has 0 atom stereocenters. The highest BCUT2D eigenvalue weighted by Gasteiger charge is 2.13. The van der Waals surface area contributed by atoms with E-state index in [4.69, 9.17) is 4.52 Å². The Labute approximate surface area is 121 Å². The van der Waals surface area contributed by atoms with Gasteiger partial charge in [0.15, 0.2) is 0 Å². The third kappa shape index (κ3) is 3.17. The van der Waals surface area contributed by atoms with E-state index in [9.17, 15) is 4.79 Å². The SMILES string of the molecule is O=C(NCCn1cccn1)c1cc(-c2ccccc2)no1. The minimum atomic E-state index is -0.281. The predicted molar refractivity (Wildman–Crippen MR) is 76.5 cm³/mol. The monoisotopic (exact) mass is 282 g/mol. The number of hydrogen-bond donors (Lipinski definition) is 1. The van der Waals surface area contributed by atoms with Gasteiger partial charge in [-0.05, 0) is 6.07 Å². The molecule has 0 saturated carbocycles. The third-order valence-corrected chi connectivity index (χ3v) is 2.99. The summed E-state index contributed by atoms with van der Waals surface area (Å²) < 4.78 is 6.83. The summed E-state index contributed by atoms with van der Waals surface area (Å²) in [4.78, 5) is 11.9. The maximum atomic E-state index is 11.9. The summed E-state index contributed by atoms with van der Waals surface area (Å²) in [5.41, 5.74) is 1.56. The van der Waals surface area contributed by atoms with E-state index in [-0.39, 0.29) is 11.7 Å². The molecule has 106 valence electrons. The van der Waals surface area contributed by atoms with Gasteiger partial charge in [-0.1, -0.05) is 35.5 Å². The molecule has 6 heteroatoms. The number of nitrogens with zero attached hydrogens (tertiary/aromatic N) is 3. The lowest BCUT2D eigenvalue weighted by Gasteiger charge is -2.02. The van der Waals surface area contributed by atoms with E-state index >= 15 is 0 Å². The molecule has 0 unspecified atom stereocenters. The van der Waals surface area contributed by atoms with E-state index in [0.717, 1.165) is 5.56 Å². The van der Waals surface area contributed by atoms with Crippen LogP contribution in [0.25, 0.3) is 11.3 Å². The molecule has 0 aliphatic rings. The highest BCUT2D eigenvalue weighted by molar-refractivity contribution is 5.92. The Morgan fingerprint density at radius 3 is 2.86 bits per heavy atom. The van der Waals surface area contributed by atoms with Gasteiger partial charge in [-0.3, -0.25) is 9.48 Å². The third-order valence-electron chi connectivity index (χ3n) is 2.99. The lowest BCUT2D eigenvalue weighted by Crippen LogP contribution is -2.27. The highest BCUT2D eigenvalue weighted by atomic mass is 16.5. The molecular formula is C15H14N4O2. The van der Waals surface area contributed by atoms with Gasteiger partial charge in [0.2, 0.25) is 5.76 Å². The number of nitrogens with one attached hydrogen (secondary N) is 1. The average Bonchev–Trinajstić information content (AvgIpc) is 3.20. The van der Waals surface area contributed by atoms with Crippen molar-refractivity contribution < 1.29 is 9.32 Å². The zero-order valence-electron chi connectivity index (χ0n) is 11.3. The van der Waals surface area contributed by atoms with Crippen LogP contribution in [0.5, 0.6) is 0 Å². The summed E-state index contributed by atoms with van der Waals surface area (Å²) in [6.07, 6.45) is 3.54. The molecule has 0 bridgehead atoms. The Hall–Kier alpha value is -2.89. The van der Waals surface area contributed by atoms with Gasteiger partial charge in [0.05, 0.1) is 6.54 Å². The maximum absolute atomic E-state index is 11.9. The summed E-state index contributed by atoms with van der Waals surface area (Å²) >= 11 is 0. The van der Waals surface area contributed by atoms with E-state index in [1.807, 2.05) is 42.6 Å². The first-order chi connectivity index (χ1) is 10.3. The topological polar surface area (TPSA) is 73.0 Å². The highest BCUT2D eigenvalue weighted by Crippen LogP contribution is 2.18. The first-order valence-electron chi connectivity index (χ1n) is 6.61. The fraction of sp³-hybridized carbons (Fsp3) is 0.133. The molecule has 2 aromatic heterocycles. The fourth-order valence-corrected chi connectivity index (χ4v) is 1.93. The van der Waals surface area contributed by atoms with E-state index in [0.29, 0.717) is 18.8 Å². The first kappa shape index (κ1) is 13.1. The fourth-order valence-electron chi connectivity index (χ4n) is 1.93. The van der Waals surface area contributed by atoms with Gasteiger partial charge in [0.25, 0.3) is 5.91 Å². The largest absolute Gasteiger partial charge is 0.350 e. The molecule has 0 aliphatic carbocycles. The van der Waals surface area contributed by atoms with Crippen LogP contribution in [0.15, 0.2) is 59.4 Å². The molecule has 3 rings (SSSR count). The van der Waals surface area contributed by atoms with Crippen molar-refractivity contribution in [2.75, 3.05) is 6.54 Å². The van der Waals surface area contributed by atoms with Crippen molar-refractivity contribution in [1.29, 1.82) is 0 Å². The standard InChI is InChI=1S/C15H14N4O2/c20-15(16-8-10-19-9-4-7-17-19)14-11-13(18-21-14)12-5-2-1-3-6-12/h1-7,9,11H,8,10H2,(H,16,20). The van der Waals surface area contributed by atoms with Crippen molar-refractivity contribution in [1.82, 2.24) is 20.3 Å². The van der Waals surface area contributed by atoms with Gasteiger partial charge >= 0.3 is 0 Å². The number of hydrogen-bond acceptors (Lipinski definition) is 4. The van der Waals surface area contributed by atoms with E-state index < -0.39 is 0 Å². The summed E-state index contributed by atoms with van der Waals surface area (Å²) in [5, 5.41) is 10.7. The number of carbonyl (C=O) groups is 1. The zero-order chi connectivity index (χ0) is 14.5. The normalized spacial score (nSPS) is 10.5. The first-order valence-corrected chi connectivity index (χ1v) is 6.61. The Morgan fingerprint density at radius 1 is 1.24 bits per heavy atom. The Balaban J connectivity index is 1.59. The Morgan fingerprint density at radius 2 is 2.10 bits per heavy atom. The van der Waals surface area contributed by atoms with Crippen LogP contribution in [0, 0.1) is 0 Å². The Kier molecular flexibility index (Phi) is 3.77. The van der Waals surface area contributed by atoms with Crippen LogP contribution in [-0.4, -0.2) is 27.4 Å². The van der Waals surface area contributed by atoms with Gasteiger partial charge < -0.3 is 9.84 Å². The molecule has 0 radical (unpaired) electrons. The molecule has 1 N–H and O–H groups in total. The molecule has 2 heterocycles. The van der Waals surface area contributed by atoms with Gasteiger partial charge in [-0.25, -0.2) is 0 Å². The molecule has 0 aliphatic heterocycles. The van der Waals surface area contributed by atoms with E-state index in [1.165, 1.54) is 0 Å². The molecule has 6 nitrogen and oxygen atoms in total. The van der Waals surface area contributed by atoms with Crippen molar-refractivity contribution >= 4 is 5.91 Å².